The summed E-state index contributed by atoms with van der Waals surface area (Å²) in [5.41, 5.74) is 0.0163. The van der Waals surface area contributed by atoms with Crippen molar-refractivity contribution in [2.24, 2.45) is 5.92 Å². The number of hydrogen-bond donors (Lipinski definition) is 0. The summed E-state index contributed by atoms with van der Waals surface area (Å²) in [6, 6.07) is 6.72. The lowest BCUT2D eigenvalue weighted by atomic mass is 10.1. The molecule has 1 aromatic heterocycles. The van der Waals surface area contributed by atoms with Gasteiger partial charge in [0, 0.05) is 24.7 Å². The average molecular weight is 395 g/mol. The fourth-order valence-electron chi connectivity index (χ4n) is 3.09. The first kappa shape index (κ1) is 19.9. The fourth-order valence-corrected chi connectivity index (χ4v) is 3.09. The number of benzene rings is 1. The van der Waals surface area contributed by atoms with E-state index >= 15 is 0 Å². The van der Waals surface area contributed by atoms with Gasteiger partial charge in [-0.15, -0.1) is 0 Å². The second-order valence-corrected chi connectivity index (χ2v) is 6.59. The number of rotatable bonds is 5. The Hall–Kier alpha value is -2.84. The molecule has 1 atom stereocenters. The molecular weight excluding hydrogens is 375 g/mol. The Morgan fingerprint density at radius 1 is 1.29 bits per heavy atom. The Balaban J connectivity index is 1.66. The first-order chi connectivity index (χ1) is 13.3. The van der Waals surface area contributed by atoms with Crippen molar-refractivity contribution in [2.75, 3.05) is 31.7 Å². The van der Waals surface area contributed by atoms with Crippen molar-refractivity contribution >= 4 is 11.9 Å². The fraction of sp³-hybridized carbons (Fsp3) is 0.421. The highest BCUT2D eigenvalue weighted by Gasteiger charge is 2.34. The van der Waals surface area contributed by atoms with E-state index in [1.807, 2.05) is 4.90 Å². The molecule has 0 radical (unpaired) electrons. The summed E-state index contributed by atoms with van der Waals surface area (Å²) in [4.78, 5) is 22.2. The Morgan fingerprint density at radius 2 is 2.04 bits per heavy atom. The van der Waals surface area contributed by atoms with Gasteiger partial charge < -0.3 is 14.4 Å². The maximum Gasteiger partial charge on any atom is 0.419 e. The lowest BCUT2D eigenvalue weighted by molar-refractivity contribution is -0.139. The summed E-state index contributed by atoms with van der Waals surface area (Å²) in [5.74, 6) is -0.298. The molecule has 1 saturated heterocycles. The topological polar surface area (TPSA) is 64.5 Å². The summed E-state index contributed by atoms with van der Waals surface area (Å²) in [5, 5.41) is 0. The number of halogens is 3. The van der Waals surface area contributed by atoms with E-state index in [4.69, 9.17) is 9.47 Å². The molecule has 0 bridgehead atoms. The molecule has 6 nitrogen and oxygen atoms in total. The third kappa shape index (κ3) is 4.52. The molecule has 0 unspecified atom stereocenters. The number of carbonyl (C=O) groups excluding carboxylic acids is 1. The molecule has 150 valence electrons. The zero-order valence-corrected chi connectivity index (χ0v) is 15.5. The van der Waals surface area contributed by atoms with Crippen LogP contribution in [0.5, 0.6) is 5.75 Å². The van der Waals surface area contributed by atoms with Crippen LogP contribution in [0.15, 0.2) is 30.3 Å². The zero-order valence-electron chi connectivity index (χ0n) is 15.5. The lowest BCUT2D eigenvalue weighted by Crippen LogP contribution is -2.25. The second-order valence-electron chi connectivity index (χ2n) is 6.59. The molecule has 0 saturated carbocycles. The van der Waals surface area contributed by atoms with Gasteiger partial charge in [0.1, 0.15) is 5.75 Å². The molecule has 1 aliphatic rings. The van der Waals surface area contributed by atoms with Gasteiger partial charge in [0.05, 0.1) is 19.3 Å². The summed E-state index contributed by atoms with van der Waals surface area (Å²) >= 11 is 0. The number of anilines is 1. The number of hydrogen-bond acceptors (Lipinski definition) is 6. The van der Waals surface area contributed by atoms with E-state index < -0.39 is 17.7 Å². The molecule has 28 heavy (non-hydrogen) atoms. The average Bonchev–Trinajstić information content (AvgIpc) is 3.14. The van der Waals surface area contributed by atoms with Crippen LogP contribution in [0, 0.1) is 12.8 Å². The van der Waals surface area contributed by atoms with Crippen molar-refractivity contribution in [1.82, 2.24) is 9.97 Å². The number of para-hydroxylation sites is 1. The molecule has 1 aliphatic heterocycles. The molecule has 3 rings (SSSR count). The normalized spacial score (nSPS) is 16.9. The van der Waals surface area contributed by atoms with Crippen molar-refractivity contribution in [1.29, 1.82) is 0 Å². The van der Waals surface area contributed by atoms with Crippen LogP contribution < -0.4 is 9.64 Å². The van der Waals surface area contributed by atoms with Crippen molar-refractivity contribution < 1.29 is 27.4 Å². The smallest absolute Gasteiger partial charge is 0.419 e. The van der Waals surface area contributed by atoms with E-state index in [0.29, 0.717) is 24.7 Å². The van der Waals surface area contributed by atoms with Gasteiger partial charge in [0.25, 0.3) is 0 Å². The van der Waals surface area contributed by atoms with E-state index in [1.54, 1.807) is 13.0 Å². The number of aromatic nitrogens is 2. The summed E-state index contributed by atoms with van der Waals surface area (Å²) in [7, 11) is 1.28. The van der Waals surface area contributed by atoms with E-state index in [0.717, 1.165) is 12.5 Å². The van der Waals surface area contributed by atoms with Crippen LogP contribution in [0.2, 0.25) is 0 Å². The number of ether oxygens (including phenoxy) is 2. The van der Waals surface area contributed by atoms with E-state index in [1.165, 1.54) is 25.3 Å². The molecule has 9 heteroatoms. The standard InChI is InChI=1S/C19H20F3N3O3/c1-12-9-15(17(26)27-2)24-18(23-12)25-8-7-13(10-25)11-28-16-6-4-3-5-14(16)19(20,21)22/h3-6,9,13H,7-8,10-11H2,1-2H3/t13-/m0/s1. The van der Waals surface area contributed by atoms with Gasteiger partial charge in [-0.05, 0) is 31.5 Å². The molecule has 2 heterocycles. The summed E-state index contributed by atoms with van der Waals surface area (Å²) < 4.78 is 49.3. The quantitative estimate of drug-likeness (QED) is 0.722. The predicted octanol–water partition coefficient (Wildman–Crippen LogP) is 3.50. The molecule has 1 aromatic carbocycles. The highest BCUT2D eigenvalue weighted by molar-refractivity contribution is 5.87. The minimum atomic E-state index is -4.46. The van der Waals surface area contributed by atoms with E-state index in [2.05, 4.69) is 9.97 Å². The van der Waals surface area contributed by atoms with Gasteiger partial charge in [-0.25, -0.2) is 14.8 Å². The SMILES string of the molecule is COC(=O)c1cc(C)nc(N2CC[C@H](COc3ccccc3C(F)(F)F)C2)n1. The molecule has 0 aliphatic carbocycles. The van der Waals surface area contributed by atoms with Crippen LogP contribution in [0.3, 0.4) is 0 Å². The van der Waals surface area contributed by atoms with Gasteiger partial charge in [0.15, 0.2) is 5.69 Å². The van der Waals surface area contributed by atoms with E-state index in [9.17, 15) is 18.0 Å². The zero-order chi connectivity index (χ0) is 20.3. The van der Waals surface area contributed by atoms with Crippen LogP contribution in [0.4, 0.5) is 19.1 Å². The molecule has 0 spiro atoms. The molecule has 0 N–H and O–H groups in total. The van der Waals surface area contributed by atoms with Gasteiger partial charge in [-0.3, -0.25) is 0 Å². The highest BCUT2D eigenvalue weighted by atomic mass is 19.4. The molecule has 2 aromatic rings. The monoisotopic (exact) mass is 395 g/mol. The van der Waals surface area contributed by atoms with Gasteiger partial charge >= 0.3 is 12.1 Å². The Morgan fingerprint density at radius 3 is 2.75 bits per heavy atom. The van der Waals surface area contributed by atoms with Crippen molar-refractivity contribution in [2.45, 2.75) is 19.5 Å². The third-order valence-electron chi connectivity index (χ3n) is 4.47. The number of carbonyl (C=O) groups is 1. The first-order valence-electron chi connectivity index (χ1n) is 8.76. The van der Waals surface area contributed by atoms with Crippen molar-refractivity contribution in [3.8, 4) is 5.75 Å². The lowest BCUT2D eigenvalue weighted by Gasteiger charge is -2.18. The summed E-state index contributed by atoms with van der Waals surface area (Å²) in [6.45, 7) is 3.05. The third-order valence-corrected chi connectivity index (χ3v) is 4.47. The molecule has 0 amide bonds. The largest absolute Gasteiger partial charge is 0.493 e. The minimum absolute atomic E-state index is 0.0204. The number of methoxy groups -OCH3 is 1. The first-order valence-corrected chi connectivity index (χ1v) is 8.76. The van der Waals surface area contributed by atoms with Gasteiger partial charge in [-0.1, -0.05) is 12.1 Å². The van der Waals surface area contributed by atoms with Crippen molar-refractivity contribution in [3.05, 3.63) is 47.3 Å². The number of esters is 1. The number of alkyl halides is 3. The maximum absolute atomic E-state index is 13.1. The maximum atomic E-state index is 13.1. The van der Waals surface area contributed by atoms with Crippen LogP contribution in [0.1, 0.15) is 28.2 Å². The van der Waals surface area contributed by atoms with Crippen LogP contribution in [-0.2, 0) is 10.9 Å². The molecule has 1 fully saturated rings. The Bertz CT molecular complexity index is 858. The van der Waals surface area contributed by atoms with E-state index in [-0.39, 0.29) is 24.0 Å². The molecular formula is C19H20F3N3O3. The Kier molecular flexibility index (Phi) is 5.71. The van der Waals surface area contributed by atoms with Crippen molar-refractivity contribution in [3.63, 3.8) is 0 Å². The highest BCUT2D eigenvalue weighted by Crippen LogP contribution is 2.36. The van der Waals surface area contributed by atoms with Gasteiger partial charge in [0.2, 0.25) is 5.95 Å². The van der Waals surface area contributed by atoms with Crippen LogP contribution >= 0.6 is 0 Å². The second kappa shape index (κ2) is 8.04. The number of aryl methyl sites for hydroxylation is 1. The van der Waals surface area contributed by atoms with Crippen LogP contribution in [-0.4, -0.2) is 42.7 Å². The van der Waals surface area contributed by atoms with Gasteiger partial charge in [-0.2, -0.15) is 13.2 Å². The number of nitrogens with zero attached hydrogens (tertiary/aromatic N) is 3. The van der Waals surface area contributed by atoms with Crippen LogP contribution in [0.25, 0.3) is 0 Å². The predicted molar refractivity (Wildman–Crippen MR) is 95.4 cm³/mol. The minimum Gasteiger partial charge on any atom is -0.493 e. The summed E-state index contributed by atoms with van der Waals surface area (Å²) in [6.07, 6.45) is -3.74. The Labute approximate surface area is 160 Å².